The molecule has 0 spiro atoms. The van der Waals surface area contributed by atoms with E-state index in [-0.39, 0.29) is 5.91 Å². The van der Waals surface area contributed by atoms with E-state index >= 15 is 0 Å². The number of para-hydroxylation sites is 2. The second-order valence-corrected chi connectivity index (χ2v) is 11.1. The van der Waals surface area contributed by atoms with Gasteiger partial charge in [-0.1, -0.05) is 66.2 Å². The highest BCUT2D eigenvalue weighted by molar-refractivity contribution is 9.11. The number of thioether (sulfide) groups is 1. The molecule has 37 heavy (non-hydrogen) atoms. The highest BCUT2D eigenvalue weighted by Gasteiger charge is 2.34. The number of anilines is 1. The number of carbonyl (C=O) groups excluding carboxylic acids is 1. The van der Waals surface area contributed by atoms with Crippen molar-refractivity contribution in [3.63, 3.8) is 0 Å². The van der Waals surface area contributed by atoms with E-state index in [0.29, 0.717) is 27.5 Å². The number of amidine groups is 1. The molecule has 0 aromatic heterocycles. The number of amides is 1. The zero-order valence-corrected chi connectivity index (χ0v) is 24.0. The lowest BCUT2D eigenvalue weighted by Gasteiger charge is -2.15. The fourth-order valence-corrected chi connectivity index (χ4v) is 6.33. The molecule has 0 atom stereocenters. The van der Waals surface area contributed by atoms with E-state index in [9.17, 15) is 4.79 Å². The molecule has 8 heteroatoms. The predicted molar refractivity (Wildman–Crippen MR) is 161 cm³/mol. The predicted octanol–water partition coefficient (Wildman–Crippen LogP) is 9.25. The Morgan fingerprint density at radius 1 is 0.892 bits per heavy atom. The topological polar surface area (TPSA) is 41.9 Å². The molecule has 1 fully saturated rings. The molecule has 4 aromatic rings. The van der Waals surface area contributed by atoms with Crippen LogP contribution in [0.4, 0.5) is 11.4 Å². The third kappa shape index (κ3) is 6.02. The number of hydrogen-bond acceptors (Lipinski definition) is 4. The fourth-order valence-electron chi connectivity index (χ4n) is 3.68. The average molecular weight is 655 g/mol. The van der Waals surface area contributed by atoms with E-state index in [1.54, 1.807) is 4.90 Å². The summed E-state index contributed by atoms with van der Waals surface area (Å²) in [5.74, 6) is 0.530. The van der Waals surface area contributed by atoms with Crippen molar-refractivity contribution in [1.29, 1.82) is 0 Å². The van der Waals surface area contributed by atoms with Gasteiger partial charge in [0.05, 0.1) is 25.2 Å². The number of halogens is 3. The molecule has 1 amide bonds. The Kier molecular flexibility index (Phi) is 8.15. The minimum atomic E-state index is -0.128. The van der Waals surface area contributed by atoms with Crippen LogP contribution in [0.25, 0.3) is 6.08 Å². The summed E-state index contributed by atoms with van der Waals surface area (Å²) in [6.45, 7) is 0.330. The Morgan fingerprint density at radius 2 is 1.51 bits per heavy atom. The Labute approximate surface area is 241 Å². The van der Waals surface area contributed by atoms with Gasteiger partial charge in [-0.05, 0) is 97.7 Å². The van der Waals surface area contributed by atoms with Gasteiger partial charge in [0.2, 0.25) is 0 Å². The standard InChI is InChI=1S/C29H19Br2ClN2O2S/c30-23-15-19(16-24(31)27(23)36-18-20-9-7-8-14-25(20)32)17-26-28(35)34(22-12-5-2-6-13-22)29(37-26)33-21-10-3-1-4-11-21/h1-17H,18H2/b26-17+,33-29?. The maximum Gasteiger partial charge on any atom is 0.271 e. The molecule has 1 heterocycles. The van der Waals surface area contributed by atoms with E-state index in [1.165, 1.54) is 11.8 Å². The van der Waals surface area contributed by atoms with E-state index in [4.69, 9.17) is 21.3 Å². The van der Waals surface area contributed by atoms with Gasteiger partial charge in [0.25, 0.3) is 5.91 Å². The van der Waals surface area contributed by atoms with Gasteiger partial charge in [0.1, 0.15) is 12.4 Å². The number of aliphatic imine (C=N–C) groups is 1. The van der Waals surface area contributed by atoms with Crippen LogP contribution < -0.4 is 9.64 Å². The second kappa shape index (κ2) is 11.7. The molecule has 1 aliphatic rings. The fraction of sp³-hybridized carbons (Fsp3) is 0.0345. The third-order valence-corrected chi connectivity index (χ3v) is 7.97. The molecular weight excluding hydrogens is 636 g/mol. The zero-order valence-electron chi connectivity index (χ0n) is 19.3. The summed E-state index contributed by atoms with van der Waals surface area (Å²) in [7, 11) is 0. The van der Waals surface area contributed by atoms with Crippen molar-refractivity contribution in [2.24, 2.45) is 4.99 Å². The summed E-state index contributed by atoms with van der Waals surface area (Å²) < 4.78 is 7.56. The highest BCUT2D eigenvalue weighted by Crippen LogP contribution is 2.40. The molecular formula is C29H19Br2ClN2O2S. The van der Waals surface area contributed by atoms with Crippen LogP contribution in [0.15, 0.2) is 116 Å². The van der Waals surface area contributed by atoms with Crippen molar-refractivity contribution in [1.82, 2.24) is 0 Å². The molecule has 4 aromatic carbocycles. The molecule has 0 N–H and O–H groups in total. The molecule has 0 bridgehead atoms. The van der Waals surface area contributed by atoms with Crippen LogP contribution in [0, 0.1) is 0 Å². The van der Waals surface area contributed by atoms with Crippen molar-refractivity contribution < 1.29 is 9.53 Å². The Hall–Kier alpha value is -2.84. The van der Waals surface area contributed by atoms with E-state index in [0.717, 1.165) is 31.4 Å². The maximum atomic E-state index is 13.5. The monoisotopic (exact) mass is 652 g/mol. The summed E-state index contributed by atoms with van der Waals surface area (Å²) in [5.41, 5.74) is 3.29. The van der Waals surface area contributed by atoms with Crippen molar-refractivity contribution in [3.05, 3.63) is 127 Å². The number of nitrogens with zero attached hydrogens (tertiary/aromatic N) is 2. The number of carbonyl (C=O) groups is 1. The van der Waals surface area contributed by atoms with Gasteiger partial charge in [-0.3, -0.25) is 9.69 Å². The first-order chi connectivity index (χ1) is 18.0. The van der Waals surface area contributed by atoms with Gasteiger partial charge in [-0.2, -0.15) is 0 Å². The number of hydrogen-bond donors (Lipinski definition) is 0. The summed E-state index contributed by atoms with van der Waals surface area (Å²) in [6.07, 6.45) is 1.86. The van der Waals surface area contributed by atoms with Crippen LogP contribution in [0.1, 0.15) is 11.1 Å². The van der Waals surface area contributed by atoms with E-state index < -0.39 is 0 Å². The molecule has 4 nitrogen and oxygen atoms in total. The lowest BCUT2D eigenvalue weighted by Crippen LogP contribution is -2.28. The molecule has 184 valence electrons. The van der Waals surface area contributed by atoms with Gasteiger partial charge >= 0.3 is 0 Å². The quantitative estimate of drug-likeness (QED) is 0.195. The number of ether oxygens (including phenoxy) is 1. The van der Waals surface area contributed by atoms with E-state index in [2.05, 4.69) is 31.9 Å². The third-order valence-electron chi connectivity index (χ3n) is 5.45. The van der Waals surface area contributed by atoms with Crippen LogP contribution in [0.2, 0.25) is 5.02 Å². The Morgan fingerprint density at radius 3 is 2.19 bits per heavy atom. The van der Waals surface area contributed by atoms with Gasteiger partial charge in [0.15, 0.2) is 5.17 Å². The molecule has 1 saturated heterocycles. The first-order valence-corrected chi connectivity index (χ1v) is 14.1. The molecule has 0 unspecified atom stereocenters. The van der Waals surface area contributed by atoms with Gasteiger partial charge in [-0.15, -0.1) is 0 Å². The van der Waals surface area contributed by atoms with Crippen molar-refractivity contribution >= 4 is 83.7 Å². The minimum absolute atomic E-state index is 0.128. The van der Waals surface area contributed by atoms with Crippen molar-refractivity contribution in [3.8, 4) is 5.75 Å². The first kappa shape index (κ1) is 25.8. The lowest BCUT2D eigenvalue weighted by molar-refractivity contribution is -0.113. The summed E-state index contributed by atoms with van der Waals surface area (Å²) in [6, 6.07) is 30.6. The van der Waals surface area contributed by atoms with Gasteiger partial charge < -0.3 is 4.74 Å². The Bertz CT molecular complexity index is 1490. The molecule has 0 aliphatic carbocycles. The van der Waals surface area contributed by atoms with Crippen LogP contribution >= 0.6 is 55.2 Å². The van der Waals surface area contributed by atoms with Crippen molar-refractivity contribution in [2.75, 3.05) is 4.90 Å². The maximum absolute atomic E-state index is 13.5. The number of benzene rings is 4. The highest BCUT2D eigenvalue weighted by atomic mass is 79.9. The van der Waals surface area contributed by atoms with Crippen LogP contribution in [0.5, 0.6) is 5.75 Å². The normalized spacial score (nSPS) is 15.5. The van der Waals surface area contributed by atoms with Crippen LogP contribution in [-0.2, 0) is 11.4 Å². The van der Waals surface area contributed by atoms with Gasteiger partial charge in [-0.25, -0.2) is 4.99 Å². The summed E-state index contributed by atoms with van der Waals surface area (Å²) in [5, 5.41) is 1.26. The smallest absolute Gasteiger partial charge is 0.271 e. The molecule has 0 radical (unpaired) electrons. The van der Waals surface area contributed by atoms with E-state index in [1.807, 2.05) is 103 Å². The second-order valence-electron chi connectivity index (χ2n) is 8.01. The Balaban J connectivity index is 1.44. The largest absolute Gasteiger partial charge is 0.486 e. The minimum Gasteiger partial charge on any atom is -0.486 e. The number of rotatable bonds is 6. The summed E-state index contributed by atoms with van der Waals surface area (Å²) in [4.78, 5) is 20.5. The molecule has 0 saturated carbocycles. The average Bonchev–Trinajstić information content (AvgIpc) is 3.19. The lowest BCUT2D eigenvalue weighted by atomic mass is 10.2. The van der Waals surface area contributed by atoms with Crippen LogP contribution in [0.3, 0.4) is 0 Å². The first-order valence-electron chi connectivity index (χ1n) is 11.3. The van der Waals surface area contributed by atoms with Crippen LogP contribution in [-0.4, -0.2) is 11.1 Å². The molecule has 5 rings (SSSR count). The summed E-state index contributed by atoms with van der Waals surface area (Å²) >= 11 is 14.8. The van der Waals surface area contributed by atoms with Gasteiger partial charge in [0, 0.05) is 10.6 Å². The SMILES string of the molecule is O=C1/C(=C\c2cc(Br)c(OCc3ccccc3Cl)c(Br)c2)SC(=Nc2ccccc2)N1c1ccccc1. The zero-order chi connectivity index (χ0) is 25.8. The van der Waals surface area contributed by atoms with Crippen molar-refractivity contribution in [2.45, 2.75) is 6.61 Å². The molecule has 1 aliphatic heterocycles.